The molecule has 3 N–H and O–H groups in total. The number of ether oxygens (including phenoxy) is 1. The minimum atomic E-state index is -3.23. The van der Waals surface area contributed by atoms with Gasteiger partial charge < -0.3 is 20.5 Å². The number of nitrogens with one attached hydrogen (secondary N) is 2. The SMILES string of the molecule is COc1cccc(NC(=O)CNCC(F)(F)CO)c1. The van der Waals surface area contributed by atoms with E-state index in [1.807, 2.05) is 0 Å². The van der Waals surface area contributed by atoms with E-state index in [-0.39, 0.29) is 6.54 Å². The van der Waals surface area contributed by atoms with Gasteiger partial charge in [-0.15, -0.1) is 0 Å². The second kappa shape index (κ2) is 7.01. The van der Waals surface area contributed by atoms with Crippen molar-refractivity contribution < 1.29 is 23.4 Å². The molecule has 0 aromatic heterocycles. The van der Waals surface area contributed by atoms with Crippen LogP contribution in [0, 0.1) is 0 Å². The lowest BCUT2D eigenvalue weighted by Gasteiger charge is -2.13. The lowest BCUT2D eigenvalue weighted by Crippen LogP contribution is -2.39. The van der Waals surface area contributed by atoms with E-state index >= 15 is 0 Å². The zero-order chi connectivity index (χ0) is 14.3. The Labute approximate surface area is 109 Å². The largest absolute Gasteiger partial charge is 0.497 e. The summed E-state index contributed by atoms with van der Waals surface area (Å²) in [6.07, 6.45) is 0. The van der Waals surface area contributed by atoms with E-state index in [1.165, 1.54) is 7.11 Å². The third-order valence-corrected chi connectivity index (χ3v) is 2.25. The van der Waals surface area contributed by atoms with Crippen molar-refractivity contribution in [2.45, 2.75) is 5.92 Å². The molecule has 1 rings (SSSR count). The van der Waals surface area contributed by atoms with Gasteiger partial charge in [-0.1, -0.05) is 6.07 Å². The number of carbonyl (C=O) groups excluding carboxylic acids is 1. The number of rotatable bonds is 7. The van der Waals surface area contributed by atoms with Crippen molar-refractivity contribution in [1.29, 1.82) is 0 Å². The maximum atomic E-state index is 12.7. The van der Waals surface area contributed by atoms with Gasteiger partial charge in [0.25, 0.3) is 5.92 Å². The van der Waals surface area contributed by atoms with Gasteiger partial charge in [0.05, 0.1) is 20.2 Å². The lowest BCUT2D eigenvalue weighted by atomic mass is 10.3. The van der Waals surface area contributed by atoms with E-state index in [0.717, 1.165) is 0 Å². The molecule has 0 atom stereocenters. The van der Waals surface area contributed by atoms with Gasteiger partial charge in [0.1, 0.15) is 12.4 Å². The van der Waals surface area contributed by atoms with Gasteiger partial charge in [-0.2, -0.15) is 0 Å². The topological polar surface area (TPSA) is 70.6 Å². The fraction of sp³-hybridized carbons (Fsp3) is 0.417. The quantitative estimate of drug-likeness (QED) is 0.689. The third-order valence-electron chi connectivity index (χ3n) is 2.25. The maximum absolute atomic E-state index is 12.7. The fourth-order valence-electron chi connectivity index (χ4n) is 1.32. The van der Waals surface area contributed by atoms with Crippen molar-refractivity contribution >= 4 is 11.6 Å². The van der Waals surface area contributed by atoms with E-state index in [1.54, 1.807) is 24.3 Å². The van der Waals surface area contributed by atoms with E-state index < -0.39 is 25.0 Å². The van der Waals surface area contributed by atoms with E-state index in [4.69, 9.17) is 9.84 Å². The van der Waals surface area contributed by atoms with Gasteiger partial charge in [0.2, 0.25) is 5.91 Å². The molecule has 0 aliphatic rings. The standard InChI is InChI=1S/C12H16F2N2O3/c1-19-10-4-2-3-9(5-10)16-11(18)6-15-7-12(13,14)8-17/h2-5,15,17H,6-8H2,1H3,(H,16,18). The van der Waals surface area contributed by atoms with Crippen LogP contribution in [0.15, 0.2) is 24.3 Å². The van der Waals surface area contributed by atoms with Gasteiger partial charge in [0.15, 0.2) is 0 Å². The Morgan fingerprint density at radius 2 is 2.21 bits per heavy atom. The Bertz CT molecular complexity index is 427. The molecule has 0 saturated heterocycles. The Hall–Kier alpha value is -1.73. The number of amides is 1. The van der Waals surface area contributed by atoms with Crippen molar-refractivity contribution in [3.8, 4) is 5.75 Å². The monoisotopic (exact) mass is 274 g/mol. The smallest absolute Gasteiger partial charge is 0.282 e. The highest BCUT2D eigenvalue weighted by Gasteiger charge is 2.27. The molecule has 0 radical (unpaired) electrons. The van der Waals surface area contributed by atoms with Crippen LogP contribution in [-0.2, 0) is 4.79 Å². The predicted octanol–water partition coefficient (Wildman–Crippen LogP) is 0.851. The Morgan fingerprint density at radius 3 is 2.84 bits per heavy atom. The third kappa shape index (κ3) is 5.62. The summed E-state index contributed by atoms with van der Waals surface area (Å²) in [6.45, 7) is -2.28. The molecular formula is C12H16F2N2O3. The minimum absolute atomic E-state index is 0.271. The molecule has 5 nitrogen and oxygen atoms in total. The second-order valence-electron chi connectivity index (χ2n) is 3.90. The summed E-state index contributed by atoms with van der Waals surface area (Å²) in [5, 5.41) is 13.2. The van der Waals surface area contributed by atoms with E-state index in [2.05, 4.69) is 10.6 Å². The minimum Gasteiger partial charge on any atom is -0.497 e. The van der Waals surface area contributed by atoms with Crippen molar-refractivity contribution in [2.24, 2.45) is 0 Å². The average Bonchev–Trinajstić information content (AvgIpc) is 2.38. The first kappa shape index (κ1) is 15.3. The fourth-order valence-corrected chi connectivity index (χ4v) is 1.32. The molecule has 0 saturated carbocycles. The van der Waals surface area contributed by atoms with Crippen molar-refractivity contribution in [3.05, 3.63) is 24.3 Å². The number of aliphatic hydroxyl groups excluding tert-OH is 1. The Balaban J connectivity index is 2.39. The van der Waals surface area contributed by atoms with Crippen LogP contribution in [-0.4, -0.2) is 43.7 Å². The van der Waals surface area contributed by atoms with Crippen LogP contribution >= 0.6 is 0 Å². The first-order chi connectivity index (χ1) is 8.96. The average molecular weight is 274 g/mol. The highest BCUT2D eigenvalue weighted by Crippen LogP contribution is 2.16. The summed E-state index contributed by atoms with van der Waals surface area (Å²) in [4.78, 5) is 11.5. The van der Waals surface area contributed by atoms with Crippen LogP contribution in [0.25, 0.3) is 0 Å². The first-order valence-electron chi connectivity index (χ1n) is 5.60. The van der Waals surface area contributed by atoms with Crippen LogP contribution in [0.5, 0.6) is 5.75 Å². The molecule has 1 aromatic carbocycles. The number of methoxy groups -OCH3 is 1. The summed E-state index contributed by atoms with van der Waals surface area (Å²) in [5.74, 6) is -3.10. The van der Waals surface area contributed by atoms with Crippen LogP contribution in [0.4, 0.5) is 14.5 Å². The summed E-state index contributed by atoms with van der Waals surface area (Å²) in [6, 6.07) is 6.68. The van der Waals surface area contributed by atoms with Crippen LogP contribution in [0.2, 0.25) is 0 Å². The molecular weight excluding hydrogens is 258 g/mol. The normalized spacial score (nSPS) is 11.2. The molecule has 0 aliphatic heterocycles. The molecule has 0 fully saturated rings. The molecule has 1 aromatic rings. The number of halogens is 2. The van der Waals surface area contributed by atoms with E-state index in [9.17, 15) is 13.6 Å². The Kier molecular flexibility index (Phi) is 5.65. The summed E-state index contributed by atoms with van der Waals surface area (Å²) < 4.78 is 30.3. The molecule has 7 heteroatoms. The molecule has 0 unspecified atom stereocenters. The summed E-state index contributed by atoms with van der Waals surface area (Å²) >= 11 is 0. The Morgan fingerprint density at radius 1 is 1.47 bits per heavy atom. The van der Waals surface area contributed by atoms with Crippen LogP contribution < -0.4 is 15.4 Å². The molecule has 0 heterocycles. The van der Waals surface area contributed by atoms with Crippen molar-refractivity contribution in [2.75, 3.05) is 32.1 Å². The maximum Gasteiger partial charge on any atom is 0.282 e. The molecule has 0 bridgehead atoms. The van der Waals surface area contributed by atoms with Gasteiger partial charge in [0, 0.05) is 11.8 Å². The van der Waals surface area contributed by atoms with Crippen LogP contribution in [0.3, 0.4) is 0 Å². The van der Waals surface area contributed by atoms with Crippen LogP contribution in [0.1, 0.15) is 0 Å². The van der Waals surface area contributed by atoms with E-state index in [0.29, 0.717) is 11.4 Å². The number of alkyl halides is 2. The lowest BCUT2D eigenvalue weighted by molar-refractivity contribution is -0.115. The van der Waals surface area contributed by atoms with Crippen molar-refractivity contribution in [1.82, 2.24) is 5.32 Å². The molecule has 0 spiro atoms. The summed E-state index contributed by atoms with van der Waals surface area (Å²) in [5.41, 5.74) is 0.514. The van der Waals surface area contributed by atoms with Gasteiger partial charge in [-0.25, -0.2) is 8.78 Å². The van der Waals surface area contributed by atoms with Gasteiger partial charge >= 0.3 is 0 Å². The molecule has 0 aliphatic carbocycles. The number of benzene rings is 1. The highest BCUT2D eigenvalue weighted by atomic mass is 19.3. The zero-order valence-corrected chi connectivity index (χ0v) is 10.5. The summed E-state index contributed by atoms with van der Waals surface area (Å²) in [7, 11) is 1.50. The zero-order valence-electron chi connectivity index (χ0n) is 10.5. The highest BCUT2D eigenvalue weighted by molar-refractivity contribution is 5.92. The molecule has 1 amide bonds. The number of hydrogen-bond acceptors (Lipinski definition) is 4. The number of hydrogen-bond donors (Lipinski definition) is 3. The molecule has 106 valence electrons. The van der Waals surface area contributed by atoms with Gasteiger partial charge in [-0.3, -0.25) is 4.79 Å². The molecule has 19 heavy (non-hydrogen) atoms. The first-order valence-corrected chi connectivity index (χ1v) is 5.60. The number of anilines is 1. The number of aliphatic hydroxyl groups is 1. The number of carbonyl (C=O) groups is 1. The predicted molar refractivity (Wildman–Crippen MR) is 66.5 cm³/mol. The van der Waals surface area contributed by atoms with Crippen molar-refractivity contribution in [3.63, 3.8) is 0 Å². The van der Waals surface area contributed by atoms with Gasteiger partial charge in [-0.05, 0) is 12.1 Å². The second-order valence-corrected chi connectivity index (χ2v) is 3.90.